The van der Waals surface area contributed by atoms with Gasteiger partial charge in [0.15, 0.2) is 0 Å². The van der Waals surface area contributed by atoms with Crippen molar-refractivity contribution in [2.45, 2.75) is 51.0 Å². The lowest BCUT2D eigenvalue weighted by Gasteiger charge is -2.36. The predicted molar refractivity (Wildman–Crippen MR) is 67.4 cm³/mol. The van der Waals surface area contributed by atoms with E-state index in [1.807, 2.05) is 4.90 Å². The summed E-state index contributed by atoms with van der Waals surface area (Å²) >= 11 is 0. The van der Waals surface area contributed by atoms with Gasteiger partial charge in [-0.15, -0.1) is 0 Å². The number of carbonyl (C=O) groups excluding carboxylic acids is 1. The first-order chi connectivity index (χ1) is 8.70. The first kappa shape index (κ1) is 13.2. The molecule has 0 aromatic rings. The van der Waals surface area contributed by atoms with E-state index in [9.17, 15) is 14.7 Å². The van der Waals surface area contributed by atoms with Crippen molar-refractivity contribution in [2.75, 3.05) is 19.6 Å². The quantitative estimate of drug-likeness (QED) is 0.777. The molecule has 2 rings (SSSR count). The topological polar surface area (TPSA) is 60.9 Å². The van der Waals surface area contributed by atoms with Gasteiger partial charge in [-0.3, -0.25) is 0 Å². The average molecular weight is 254 g/mol. The summed E-state index contributed by atoms with van der Waals surface area (Å²) < 4.78 is 0. The van der Waals surface area contributed by atoms with Gasteiger partial charge in [-0.1, -0.05) is 12.8 Å². The Hall–Kier alpha value is -1.26. The molecule has 2 heterocycles. The second-order valence-electron chi connectivity index (χ2n) is 5.23. The number of hydrogen-bond acceptors (Lipinski definition) is 2. The third kappa shape index (κ3) is 2.94. The number of likely N-dealkylation sites (tertiary alicyclic amines) is 2. The van der Waals surface area contributed by atoms with Crippen LogP contribution in [-0.4, -0.2) is 52.6 Å². The molecule has 2 fully saturated rings. The summed E-state index contributed by atoms with van der Waals surface area (Å²) in [5.41, 5.74) is 0. The minimum Gasteiger partial charge on any atom is -0.480 e. The number of aliphatic carboxylic acids is 1. The van der Waals surface area contributed by atoms with Gasteiger partial charge in [0.25, 0.3) is 0 Å². The molecule has 0 aromatic heterocycles. The molecular formula is C13H22N2O3. The Morgan fingerprint density at radius 1 is 0.889 bits per heavy atom. The molecule has 0 unspecified atom stereocenters. The number of nitrogens with zero attached hydrogens (tertiary/aromatic N) is 2. The van der Waals surface area contributed by atoms with E-state index >= 15 is 0 Å². The maximum Gasteiger partial charge on any atom is 0.326 e. The highest BCUT2D eigenvalue weighted by molar-refractivity contribution is 5.83. The molecular weight excluding hydrogens is 232 g/mol. The third-order valence-electron chi connectivity index (χ3n) is 3.91. The molecule has 102 valence electrons. The van der Waals surface area contributed by atoms with E-state index in [1.54, 1.807) is 4.90 Å². The van der Waals surface area contributed by atoms with Crippen molar-refractivity contribution in [3.63, 3.8) is 0 Å². The summed E-state index contributed by atoms with van der Waals surface area (Å²) in [6.07, 6.45) is 6.84. The van der Waals surface area contributed by atoms with Crippen LogP contribution in [0.15, 0.2) is 0 Å². The molecule has 0 saturated carbocycles. The predicted octanol–water partition coefficient (Wildman–Crippen LogP) is 1.92. The second kappa shape index (κ2) is 6.07. The van der Waals surface area contributed by atoms with E-state index in [0.717, 1.165) is 38.8 Å². The van der Waals surface area contributed by atoms with Crippen molar-refractivity contribution in [1.82, 2.24) is 9.80 Å². The number of urea groups is 1. The van der Waals surface area contributed by atoms with Crippen LogP contribution in [0.25, 0.3) is 0 Å². The van der Waals surface area contributed by atoms with E-state index in [0.29, 0.717) is 13.0 Å². The third-order valence-corrected chi connectivity index (χ3v) is 3.91. The minimum absolute atomic E-state index is 0.0657. The largest absolute Gasteiger partial charge is 0.480 e. The summed E-state index contributed by atoms with van der Waals surface area (Å²) in [6.45, 7) is 2.15. The van der Waals surface area contributed by atoms with Crippen molar-refractivity contribution >= 4 is 12.0 Å². The maximum atomic E-state index is 12.4. The van der Waals surface area contributed by atoms with Gasteiger partial charge < -0.3 is 14.9 Å². The Labute approximate surface area is 108 Å². The lowest BCUT2D eigenvalue weighted by Crippen LogP contribution is -2.53. The van der Waals surface area contributed by atoms with Crippen molar-refractivity contribution in [1.29, 1.82) is 0 Å². The zero-order valence-electron chi connectivity index (χ0n) is 10.8. The molecule has 2 aliphatic heterocycles. The summed E-state index contributed by atoms with van der Waals surface area (Å²) in [5.74, 6) is -0.863. The van der Waals surface area contributed by atoms with Gasteiger partial charge in [0, 0.05) is 19.6 Å². The fourth-order valence-electron chi connectivity index (χ4n) is 2.86. The molecule has 2 aliphatic rings. The number of amides is 2. The number of rotatable bonds is 1. The highest BCUT2D eigenvalue weighted by Gasteiger charge is 2.34. The zero-order chi connectivity index (χ0) is 13.0. The molecule has 0 bridgehead atoms. The van der Waals surface area contributed by atoms with Crippen molar-refractivity contribution in [3.05, 3.63) is 0 Å². The van der Waals surface area contributed by atoms with Crippen LogP contribution in [0.5, 0.6) is 0 Å². The van der Waals surface area contributed by atoms with E-state index in [2.05, 4.69) is 0 Å². The van der Waals surface area contributed by atoms with Gasteiger partial charge in [0.1, 0.15) is 6.04 Å². The number of carboxylic acids is 1. The smallest absolute Gasteiger partial charge is 0.326 e. The fraction of sp³-hybridized carbons (Fsp3) is 0.846. The van der Waals surface area contributed by atoms with E-state index in [1.165, 1.54) is 12.8 Å². The van der Waals surface area contributed by atoms with E-state index < -0.39 is 12.0 Å². The van der Waals surface area contributed by atoms with Crippen LogP contribution in [0.3, 0.4) is 0 Å². The Balaban J connectivity index is 2.02. The molecule has 1 atom stereocenters. The highest BCUT2D eigenvalue weighted by Crippen LogP contribution is 2.20. The normalized spacial score (nSPS) is 25.7. The maximum absolute atomic E-state index is 12.4. The SMILES string of the molecule is O=C(O)[C@H]1CCCCN1C(=O)N1CCCCCC1. The molecule has 5 nitrogen and oxygen atoms in total. The molecule has 1 N–H and O–H groups in total. The van der Waals surface area contributed by atoms with Crippen molar-refractivity contribution in [3.8, 4) is 0 Å². The van der Waals surface area contributed by atoms with Crippen LogP contribution in [-0.2, 0) is 4.79 Å². The van der Waals surface area contributed by atoms with Crippen LogP contribution in [0.1, 0.15) is 44.9 Å². The van der Waals surface area contributed by atoms with Crippen LogP contribution < -0.4 is 0 Å². The lowest BCUT2D eigenvalue weighted by atomic mass is 10.0. The second-order valence-corrected chi connectivity index (χ2v) is 5.23. The minimum atomic E-state index is -0.863. The van der Waals surface area contributed by atoms with Gasteiger partial charge >= 0.3 is 12.0 Å². The Morgan fingerprint density at radius 2 is 1.50 bits per heavy atom. The Kier molecular flexibility index (Phi) is 4.44. The van der Waals surface area contributed by atoms with E-state index in [-0.39, 0.29) is 6.03 Å². The van der Waals surface area contributed by atoms with Gasteiger partial charge in [0.05, 0.1) is 0 Å². The van der Waals surface area contributed by atoms with Crippen molar-refractivity contribution < 1.29 is 14.7 Å². The number of hydrogen-bond donors (Lipinski definition) is 1. The molecule has 0 aliphatic carbocycles. The highest BCUT2D eigenvalue weighted by atomic mass is 16.4. The molecule has 5 heteroatoms. The first-order valence-corrected chi connectivity index (χ1v) is 6.98. The first-order valence-electron chi connectivity index (χ1n) is 6.98. The van der Waals surface area contributed by atoms with Gasteiger partial charge in [-0.05, 0) is 32.1 Å². The molecule has 2 saturated heterocycles. The molecule has 0 radical (unpaired) electrons. The average Bonchev–Trinajstić information content (AvgIpc) is 2.66. The lowest BCUT2D eigenvalue weighted by molar-refractivity contribution is -0.143. The summed E-state index contributed by atoms with van der Waals surface area (Å²) in [5, 5.41) is 9.20. The Bertz CT molecular complexity index is 311. The summed E-state index contributed by atoms with van der Waals surface area (Å²) in [7, 11) is 0. The zero-order valence-corrected chi connectivity index (χ0v) is 10.8. The summed E-state index contributed by atoms with van der Waals surface area (Å²) in [6, 6.07) is -0.682. The van der Waals surface area contributed by atoms with E-state index in [4.69, 9.17) is 0 Å². The van der Waals surface area contributed by atoms with Gasteiger partial charge in [0.2, 0.25) is 0 Å². The van der Waals surface area contributed by atoms with Crippen LogP contribution in [0.2, 0.25) is 0 Å². The Morgan fingerprint density at radius 3 is 2.11 bits per heavy atom. The summed E-state index contributed by atoms with van der Waals surface area (Å²) in [4.78, 5) is 27.0. The fourth-order valence-corrected chi connectivity index (χ4v) is 2.86. The van der Waals surface area contributed by atoms with Crippen LogP contribution >= 0.6 is 0 Å². The molecule has 18 heavy (non-hydrogen) atoms. The molecule has 2 amide bonds. The van der Waals surface area contributed by atoms with Gasteiger partial charge in [-0.2, -0.15) is 0 Å². The number of carboxylic acid groups (broad SMARTS) is 1. The number of piperidine rings is 1. The molecule has 0 spiro atoms. The molecule has 0 aromatic carbocycles. The standard InChI is InChI=1S/C13H22N2O3/c16-12(17)11-7-3-6-10-15(11)13(18)14-8-4-1-2-5-9-14/h11H,1-10H2,(H,16,17)/t11-/m1/s1. The van der Waals surface area contributed by atoms with Crippen LogP contribution in [0.4, 0.5) is 4.79 Å². The monoisotopic (exact) mass is 254 g/mol. The van der Waals surface area contributed by atoms with Gasteiger partial charge in [-0.25, -0.2) is 9.59 Å². The number of carbonyl (C=O) groups is 2. The van der Waals surface area contributed by atoms with Crippen molar-refractivity contribution in [2.24, 2.45) is 0 Å². The van der Waals surface area contributed by atoms with Crippen LogP contribution in [0, 0.1) is 0 Å².